The second-order valence-corrected chi connectivity index (χ2v) is 3.21. The lowest BCUT2D eigenvalue weighted by Gasteiger charge is -2.23. The molecule has 0 saturated carbocycles. The summed E-state index contributed by atoms with van der Waals surface area (Å²) in [6.45, 7) is 3.03. The summed E-state index contributed by atoms with van der Waals surface area (Å²) >= 11 is 0. The number of β-amino-alcohol motifs (C(OH)–C–C–N with tert-alkyl or cyclic N) is 1. The van der Waals surface area contributed by atoms with Crippen LogP contribution in [0.4, 0.5) is 0 Å². The first-order chi connectivity index (χ1) is 5.40. The molecule has 0 aromatic heterocycles. The van der Waals surface area contributed by atoms with Crippen molar-refractivity contribution in [1.82, 2.24) is 5.32 Å². The number of nitrogens with one attached hydrogen (secondary N) is 1. The van der Waals surface area contributed by atoms with Crippen molar-refractivity contribution in [3.05, 3.63) is 0 Å². The van der Waals surface area contributed by atoms with Crippen LogP contribution in [0.5, 0.6) is 0 Å². The van der Waals surface area contributed by atoms with Crippen LogP contribution in [-0.4, -0.2) is 40.9 Å². The summed E-state index contributed by atoms with van der Waals surface area (Å²) in [4.78, 5) is 10.7. The molecule has 0 aliphatic carbocycles. The summed E-state index contributed by atoms with van der Waals surface area (Å²) in [6.07, 6.45) is -0.858. The highest BCUT2D eigenvalue weighted by atomic mass is 16.3. The van der Waals surface area contributed by atoms with Gasteiger partial charge in [-0.1, -0.05) is 0 Å². The number of aliphatic hydroxyl groups is 2. The van der Waals surface area contributed by atoms with Crippen molar-refractivity contribution in [3.63, 3.8) is 0 Å². The van der Waals surface area contributed by atoms with Gasteiger partial charge in [0.2, 0.25) is 5.91 Å². The highest BCUT2D eigenvalue weighted by Crippen LogP contribution is 1.99. The molecular weight excluding hydrogens is 160 g/mol. The summed E-state index contributed by atoms with van der Waals surface area (Å²) in [5.41, 5.74) is 4.20. The van der Waals surface area contributed by atoms with E-state index in [9.17, 15) is 4.79 Å². The van der Waals surface area contributed by atoms with Crippen LogP contribution < -0.4 is 11.1 Å². The molecule has 72 valence electrons. The van der Waals surface area contributed by atoms with Gasteiger partial charge >= 0.3 is 0 Å². The van der Waals surface area contributed by atoms with E-state index in [1.165, 1.54) is 0 Å². The lowest BCUT2D eigenvalue weighted by atomic mass is 10.1. The fraction of sp³-hybridized carbons (Fsp3) is 0.857. The molecule has 0 radical (unpaired) electrons. The standard InChI is InChI=1S/C7H16N2O3/c1-7(2,6(8)12)9-3-5(11)4-10/h5,9-11H,3-4H2,1-2H3,(H2,8,12)/t5-/m0/s1. The van der Waals surface area contributed by atoms with Crippen molar-refractivity contribution in [1.29, 1.82) is 0 Å². The zero-order valence-corrected chi connectivity index (χ0v) is 7.37. The maximum atomic E-state index is 10.7. The van der Waals surface area contributed by atoms with E-state index in [4.69, 9.17) is 15.9 Å². The lowest BCUT2D eigenvalue weighted by Crippen LogP contribution is -2.53. The lowest BCUT2D eigenvalue weighted by molar-refractivity contribution is -0.123. The Morgan fingerprint density at radius 1 is 1.67 bits per heavy atom. The number of nitrogens with two attached hydrogens (primary N) is 1. The third kappa shape index (κ3) is 3.66. The van der Waals surface area contributed by atoms with Crippen molar-refractivity contribution >= 4 is 5.91 Å². The van der Waals surface area contributed by atoms with E-state index in [2.05, 4.69) is 5.32 Å². The number of carbonyl (C=O) groups is 1. The van der Waals surface area contributed by atoms with E-state index in [0.717, 1.165) is 0 Å². The maximum Gasteiger partial charge on any atom is 0.237 e. The van der Waals surface area contributed by atoms with Crippen molar-refractivity contribution in [3.8, 4) is 0 Å². The molecule has 0 saturated heterocycles. The minimum absolute atomic E-state index is 0.145. The number of amides is 1. The molecule has 0 bridgehead atoms. The van der Waals surface area contributed by atoms with Crippen LogP contribution in [0, 0.1) is 0 Å². The molecule has 0 aliphatic rings. The fourth-order valence-electron chi connectivity index (χ4n) is 0.525. The van der Waals surface area contributed by atoms with Crippen LogP contribution in [0.1, 0.15) is 13.8 Å². The van der Waals surface area contributed by atoms with Gasteiger partial charge < -0.3 is 21.3 Å². The molecule has 0 aromatic rings. The zero-order chi connectivity index (χ0) is 9.78. The normalized spacial score (nSPS) is 14.3. The first kappa shape index (κ1) is 11.4. The minimum Gasteiger partial charge on any atom is -0.394 e. The Labute approximate surface area is 71.6 Å². The Hall–Kier alpha value is -0.650. The Bertz CT molecular complexity index is 159. The molecule has 5 N–H and O–H groups in total. The number of carbonyl (C=O) groups excluding carboxylic acids is 1. The second kappa shape index (κ2) is 4.39. The molecule has 0 heterocycles. The van der Waals surface area contributed by atoms with E-state index in [-0.39, 0.29) is 13.2 Å². The first-order valence-corrected chi connectivity index (χ1v) is 3.74. The van der Waals surface area contributed by atoms with Gasteiger partial charge in [0.25, 0.3) is 0 Å². The molecule has 0 aromatic carbocycles. The molecule has 0 unspecified atom stereocenters. The number of hydrogen-bond acceptors (Lipinski definition) is 4. The molecule has 0 fully saturated rings. The highest BCUT2D eigenvalue weighted by molar-refractivity contribution is 5.83. The molecule has 1 amide bonds. The van der Waals surface area contributed by atoms with Gasteiger partial charge in [-0.3, -0.25) is 4.79 Å². The van der Waals surface area contributed by atoms with Gasteiger partial charge in [-0.25, -0.2) is 0 Å². The minimum atomic E-state index is -0.858. The Morgan fingerprint density at radius 3 is 2.50 bits per heavy atom. The Balaban J connectivity index is 3.83. The van der Waals surface area contributed by atoms with Gasteiger partial charge in [0.15, 0.2) is 0 Å². The van der Waals surface area contributed by atoms with Gasteiger partial charge in [-0.15, -0.1) is 0 Å². The zero-order valence-electron chi connectivity index (χ0n) is 7.37. The summed E-state index contributed by atoms with van der Waals surface area (Å²) in [6, 6.07) is 0. The molecule has 1 atom stereocenters. The maximum absolute atomic E-state index is 10.7. The SMILES string of the molecule is CC(C)(NC[C@H](O)CO)C(N)=O. The van der Waals surface area contributed by atoms with Crippen LogP contribution in [0.25, 0.3) is 0 Å². The van der Waals surface area contributed by atoms with E-state index in [0.29, 0.717) is 0 Å². The quantitative estimate of drug-likeness (QED) is 0.397. The van der Waals surface area contributed by atoms with Crippen LogP contribution in [-0.2, 0) is 4.79 Å². The van der Waals surface area contributed by atoms with Gasteiger partial charge in [-0.2, -0.15) is 0 Å². The van der Waals surface area contributed by atoms with Gasteiger partial charge in [-0.05, 0) is 13.8 Å². The predicted octanol–water partition coefficient (Wildman–Crippen LogP) is -1.81. The van der Waals surface area contributed by atoms with Gasteiger partial charge in [0.1, 0.15) is 0 Å². The average Bonchev–Trinajstić information content (AvgIpc) is 2.00. The average molecular weight is 176 g/mol. The summed E-state index contributed by atoms with van der Waals surface area (Å²) in [5, 5.41) is 20.1. The molecular formula is C7H16N2O3. The highest BCUT2D eigenvalue weighted by Gasteiger charge is 2.24. The van der Waals surface area contributed by atoms with Crippen LogP contribution >= 0.6 is 0 Å². The van der Waals surface area contributed by atoms with E-state index < -0.39 is 17.6 Å². The third-order valence-corrected chi connectivity index (χ3v) is 1.61. The van der Waals surface area contributed by atoms with E-state index >= 15 is 0 Å². The number of aliphatic hydroxyl groups excluding tert-OH is 2. The largest absolute Gasteiger partial charge is 0.394 e. The third-order valence-electron chi connectivity index (χ3n) is 1.61. The molecule has 5 nitrogen and oxygen atoms in total. The molecule has 5 heteroatoms. The van der Waals surface area contributed by atoms with Crippen molar-refractivity contribution in [2.45, 2.75) is 25.5 Å². The van der Waals surface area contributed by atoms with Gasteiger partial charge in [0, 0.05) is 6.54 Å². The summed E-state index contributed by atoms with van der Waals surface area (Å²) in [7, 11) is 0. The number of hydrogen-bond donors (Lipinski definition) is 4. The fourth-order valence-corrected chi connectivity index (χ4v) is 0.525. The smallest absolute Gasteiger partial charge is 0.237 e. The first-order valence-electron chi connectivity index (χ1n) is 3.74. The Kier molecular flexibility index (Phi) is 4.16. The summed E-state index contributed by atoms with van der Waals surface area (Å²) < 4.78 is 0. The van der Waals surface area contributed by atoms with Crippen molar-refractivity contribution < 1.29 is 15.0 Å². The summed E-state index contributed by atoms with van der Waals surface area (Å²) in [5.74, 6) is -0.493. The second-order valence-electron chi connectivity index (χ2n) is 3.21. The number of primary amides is 1. The van der Waals surface area contributed by atoms with Crippen LogP contribution in [0.15, 0.2) is 0 Å². The Morgan fingerprint density at radius 2 is 2.17 bits per heavy atom. The molecule has 0 aliphatic heterocycles. The topological polar surface area (TPSA) is 95.6 Å². The van der Waals surface area contributed by atoms with Crippen molar-refractivity contribution in [2.75, 3.05) is 13.2 Å². The van der Waals surface area contributed by atoms with Gasteiger partial charge in [0.05, 0.1) is 18.2 Å². The van der Waals surface area contributed by atoms with Crippen LogP contribution in [0.2, 0.25) is 0 Å². The van der Waals surface area contributed by atoms with E-state index in [1.54, 1.807) is 13.8 Å². The molecule has 0 spiro atoms. The predicted molar refractivity (Wildman–Crippen MR) is 44.4 cm³/mol. The number of rotatable bonds is 5. The molecule has 12 heavy (non-hydrogen) atoms. The molecule has 0 rings (SSSR count). The monoisotopic (exact) mass is 176 g/mol. The van der Waals surface area contributed by atoms with E-state index in [1.807, 2.05) is 0 Å². The van der Waals surface area contributed by atoms with Crippen LogP contribution in [0.3, 0.4) is 0 Å². The van der Waals surface area contributed by atoms with Crippen molar-refractivity contribution in [2.24, 2.45) is 5.73 Å².